The lowest BCUT2D eigenvalue weighted by molar-refractivity contribution is -0.156. The second-order valence-corrected chi connectivity index (χ2v) is 28.2. The first kappa shape index (κ1) is 95.9. The molecule has 4 aromatic rings. The molecule has 4 fully saturated rings. The van der Waals surface area contributed by atoms with Gasteiger partial charge in [0.1, 0.15) is 70.8 Å². The Labute approximate surface area is 656 Å². The Hall–Kier alpha value is -10.3. The topological polar surface area (TPSA) is 434 Å². The highest BCUT2D eigenvalue weighted by Gasteiger charge is 2.41. The number of imide groups is 1. The second-order valence-electron chi connectivity index (χ2n) is 28.2. The number of piperidine rings is 4. The molecule has 33 nitrogen and oxygen atoms in total. The zero-order valence-corrected chi connectivity index (χ0v) is 67.6. The monoisotopic (exact) mass is 1570 g/mol. The van der Waals surface area contributed by atoms with Gasteiger partial charge in [0.05, 0.1) is 47.8 Å². The van der Waals surface area contributed by atoms with Gasteiger partial charge < -0.3 is 79.5 Å². The number of phenols is 1. The van der Waals surface area contributed by atoms with E-state index in [1.54, 1.807) is 104 Å². The molecule has 3 aromatic carbocycles. The number of esters is 7. The Balaban J connectivity index is 0.000000341. The van der Waals surface area contributed by atoms with E-state index < -0.39 is 83.5 Å². The summed E-state index contributed by atoms with van der Waals surface area (Å²) in [6.45, 7) is 20.5. The van der Waals surface area contributed by atoms with Crippen LogP contribution in [0.2, 0.25) is 0 Å². The highest BCUT2D eigenvalue weighted by atomic mass is 16.6. The van der Waals surface area contributed by atoms with Crippen molar-refractivity contribution in [3.05, 3.63) is 95.8 Å². The molecule has 5 aliphatic rings. The maximum absolute atomic E-state index is 12.0. The van der Waals surface area contributed by atoms with Crippen molar-refractivity contribution in [1.82, 2.24) is 40.1 Å². The van der Waals surface area contributed by atoms with Gasteiger partial charge in [-0.2, -0.15) is 0 Å². The number of nitrogens with two attached hydrogens (primary N) is 2. The van der Waals surface area contributed by atoms with Crippen LogP contribution in [0, 0.1) is 0 Å². The Kier molecular flexibility index (Phi) is 42.7. The Bertz CT molecular complexity index is 3610. The van der Waals surface area contributed by atoms with E-state index in [2.05, 4.69) is 30.3 Å². The van der Waals surface area contributed by atoms with Crippen LogP contribution in [0.3, 0.4) is 0 Å². The van der Waals surface area contributed by atoms with Crippen molar-refractivity contribution in [3.8, 4) is 22.9 Å². The van der Waals surface area contributed by atoms with Crippen molar-refractivity contribution in [2.45, 2.75) is 232 Å². The highest BCUT2D eigenvalue weighted by molar-refractivity contribution is 5.98. The van der Waals surface area contributed by atoms with Crippen molar-refractivity contribution < 1.29 is 110 Å². The number of aryl methyl sites for hydroxylation is 1. The molecule has 0 aliphatic carbocycles. The fraction of sp³-hybridized carbons (Fsp3) is 0.595. The maximum atomic E-state index is 12.0. The molecule has 0 spiro atoms. The molecule has 9 rings (SSSR count). The third-order valence-electron chi connectivity index (χ3n) is 16.8. The summed E-state index contributed by atoms with van der Waals surface area (Å²) in [5, 5.41) is 23.2. The number of methoxy groups -OCH3 is 3. The van der Waals surface area contributed by atoms with Crippen molar-refractivity contribution in [3.63, 3.8) is 0 Å². The third-order valence-corrected chi connectivity index (χ3v) is 16.8. The molecule has 0 bridgehead atoms. The summed E-state index contributed by atoms with van der Waals surface area (Å²) in [6, 6.07) is 19.7. The number of aromatic nitrogens is 3. The van der Waals surface area contributed by atoms with Gasteiger partial charge >= 0.3 is 60.1 Å². The van der Waals surface area contributed by atoms with E-state index >= 15 is 0 Å². The molecule has 33 heteroatoms. The molecule has 1 aromatic heterocycles. The number of hydrogen-bond donors (Lipinski definition) is 5. The van der Waals surface area contributed by atoms with Gasteiger partial charge in [-0.05, 0) is 195 Å². The number of rotatable bonds is 17. The van der Waals surface area contributed by atoms with E-state index in [1.807, 2.05) is 62.6 Å². The predicted octanol–water partition coefficient (Wildman–Crippen LogP) is 8.33. The van der Waals surface area contributed by atoms with Crippen LogP contribution in [0.4, 0.5) is 14.4 Å². The lowest BCUT2D eigenvalue weighted by Gasteiger charge is -2.35. The standard InChI is InChI=1S/C14H15N3O2.C13H18N2O4.C13H21NO5.C13H23NO4.C10H13NO3.C8H13NO3.C8H15NO2/c1-19-14(18)11-8-5-9-12-15-16-13(17(11)12)10-6-3-2-4-7-10;1-15(2)13(17)19-10-6-4-9(5-7-10)8-11(14)12(16)18-3;1-5-18-11(16)9-7-6-8-10(15)14(9)12(17)19-13(2,3)4;1-5-17-11(15)10-8-6-7-9-14(10)12(16)18-13(2,3)4;1-14-10(13)9(11)6-7-2-4-8(12)5-3-7;1-2-12-8(11)6-4-3-5-7(10)9-6;1-2-11-8(10)7-5-3-4-6-9-7/h2-4,6-7,11H,5,8-9H2,1H3;4-7,11H,8,14H2,1-3H3;9H,5-8H2,1-4H3;10H,5-9H2,1-4H3;2-5,9,12H,6,11H2,1H3;6H,2-5H2,1H3,(H,9,10);7,9H,2-6H2,1H3/t;11-;;;9-;;/m.0..0../s1. The van der Waals surface area contributed by atoms with E-state index in [0.29, 0.717) is 77.1 Å². The summed E-state index contributed by atoms with van der Waals surface area (Å²) < 4.78 is 51.0. The zero-order valence-electron chi connectivity index (χ0n) is 67.6. The number of benzene rings is 3. The number of ether oxygens (including phenoxy) is 10. The lowest BCUT2D eigenvalue weighted by Crippen LogP contribution is -2.53. The normalized spacial score (nSPS) is 18.1. The van der Waals surface area contributed by atoms with E-state index in [-0.39, 0.29) is 60.6 Å². The van der Waals surface area contributed by atoms with Gasteiger partial charge in [-0.1, -0.05) is 61.0 Å². The van der Waals surface area contributed by atoms with Gasteiger partial charge in [-0.3, -0.25) is 33.4 Å². The molecule has 0 radical (unpaired) electrons. The predicted molar refractivity (Wildman–Crippen MR) is 410 cm³/mol. The first-order valence-electron chi connectivity index (χ1n) is 37.8. The average Bonchev–Trinajstić information content (AvgIpc) is 1.64. The molecule has 7 atom stereocenters. The van der Waals surface area contributed by atoms with Crippen molar-refractivity contribution in [2.75, 3.05) is 74.9 Å². The Morgan fingerprint density at radius 1 is 0.545 bits per heavy atom. The van der Waals surface area contributed by atoms with Gasteiger partial charge in [0, 0.05) is 45.5 Å². The molecule has 0 saturated carbocycles. The summed E-state index contributed by atoms with van der Waals surface area (Å²) >= 11 is 0. The van der Waals surface area contributed by atoms with Crippen LogP contribution in [0.15, 0.2) is 78.9 Å². The van der Waals surface area contributed by atoms with Crippen LogP contribution < -0.4 is 26.8 Å². The van der Waals surface area contributed by atoms with E-state index in [1.165, 1.54) is 37.6 Å². The molecule has 5 unspecified atom stereocenters. The van der Waals surface area contributed by atoms with Gasteiger partial charge in [0.25, 0.3) is 0 Å². The lowest BCUT2D eigenvalue weighted by atomic mass is 10.0. The minimum Gasteiger partial charge on any atom is -0.508 e. The maximum Gasteiger partial charge on any atom is 0.417 e. The first-order chi connectivity index (χ1) is 53.1. The van der Waals surface area contributed by atoms with Crippen LogP contribution in [0.5, 0.6) is 11.5 Å². The number of carbonyl (C=O) groups is 12. The number of phenolic OH excluding ortho intramolecular Hbond substituents is 1. The van der Waals surface area contributed by atoms with Crippen LogP contribution in [0.1, 0.15) is 182 Å². The Morgan fingerprint density at radius 3 is 1.54 bits per heavy atom. The molecule has 5 aliphatic heterocycles. The van der Waals surface area contributed by atoms with Crippen molar-refractivity contribution in [1.29, 1.82) is 0 Å². The molecular weight excluding hydrogens is 1460 g/mol. The summed E-state index contributed by atoms with van der Waals surface area (Å²) in [5.74, 6) is -0.611. The first-order valence-corrected chi connectivity index (χ1v) is 37.8. The number of hydrogen-bond acceptors (Lipinski definition) is 28. The average molecular weight is 1580 g/mol. The van der Waals surface area contributed by atoms with E-state index in [0.717, 1.165) is 91.2 Å². The minimum absolute atomic E-state index is 0.0382. The van der Waals surface area contributed by atoms with E-state index in [9.17, 15) is 57.5 Å². The summed E-state index contributed by atoms with van der Waals surface area (Å²) in [7, 11) is 7.23. The quantitative estimate of drug-likeness (QED) is 0.0489. The number of aromatic hydroxyl groups is 1. The van der Waals surface area contributed by atoms with Crippen LogP contribution in [0.25, 0.3) is 11.4 Å². The molecule has 6 heterocycles. The third kappa shape index (κ3) is 34.5. The van der Waals surface area contributed by atoms with Crippen LogP contribution in [-0.4, -0.2) is 229 Å². The number of carbonyl (C=O) groups excluding carboxylic acids is 12. The van der Waals surface area contributed by atoms with Crippen molar-refractivity contribution >= 4 is 71.9 Å². The summed E-state index contributed by atoms with van der Waals surface area (Å²) in [4.78, 5) is 142. The molecule has 112 heavy (non-hydrogen) atoms. The summed E-state index contributed by atoms with van der Waals surface area (Å²) in [6.07, 6.45) is 10.6. The summed E-state index contributed by atoms with van der Waals surface area (Å²) in [5.41, 5.74) is 12.7. The van der Waals surface area contributed by atoms with Gasteiger partial charge in [-0.25, -0.2) is 38.5 Å². The van der Waals surface area contributed by atoms with Crippen LogP contribution >= 0.6 is 0 Å². The van der Waals surface area contributed by atoms with Gasteiger partial charge in [0.2, 0.25) is 11.8 Å². The van der Waals surface area contributed by atoms with Crippen molar-refractivity contribution in [2.24, 2.45) is 11.5 Å². The fourth-order valence-electron chi connectivity index (χ4n) is 11.4. The largest absolute Gasteiger partial charge is 0.508 e. The molecule has 7 N–H and O–H groups in total. The van der Waals surface area contributed by atoms with Gasteiger partial charge in [-0.15, -0.1) is 10.2 Å². The molecule has 5 amide bonds. The van der Waals surface area contributed by atoms with Crippen LogP contribution in [-0.2, 0) is 105 Å². The molecule has 622 valence electrons. The number of amides is 5. The second kappa shape index (κ2) is 49.9. The minimum atomic E-state index is -0.865. The molecule has 4 saturated heterocycles. The zero-order chi connectivity index (χ0) is 83.7. The Morgan fingerprint density at radius 2 is 1.03 bits per heavy atom. The number of nitrogens with one attached hydrogen (secondary N) is 2. The number of fused-ring (bicyclic) bond motifs is 1. The van der Waals surface area contributed by atoms with Gasteiger partial charge in [0.15, 0.2) is 5.82 Å². The SMILES string of the molecule is CCOC(=O)C1CCCC(=O)N1.CCOC(=O)C1CCCC(=O)N1C(=O)OC(C)(C)C.CCOC(=O)C1CCCCN1.CCOC(=O)C1CCCCN1C(=O)OC(C)(C)C.COC(=O)C1CCCc2nnc(-c3ccccc3)n21.COC(=O)[C@@H](N)Cc1ccc(O)cc1.COC(=O)[C@@H](N)Cc1ccc(OC(=O)N(C)C)cc1. The highest BCUT2D eigenvalue weighted by Crippen LogP contribution is 2.31. The fourth-order valence-corrected chi connectivity index (χ4v) is 11.4. The number of likely N-dealkylation sites (tertiary alicyclic amines) is 2. The number of nitrogens with zero attached hydrogens (tertiary/aromatic N) is 6. The van der Waals surface area contributed by atoms with E-state index in [4.69, 9.17) is 54.5 Å². The smallest absolute Gasteiger partial charge is 0.417 e. The molecular formula is C79H118N10O23.